The van der Waals surface area contributed by atoms with Crippen molar-refractivity contribution in [1.82, 2.24) is 15.1 Å². The van der Waals surface area contributed by atoms with Crippen molar-refractivity contribution in [1.29, 1.82) is 0 Å². The minimum atomic E-state index is 0.457. The van der Waals surface area contributed by atoms with Crippen molar-refractivity contribution in [2.24, 2.45) is 12.5 Å². The first kappa shape index (κ1) is 12.2. The summed E-state index contributed by atoms with van der Waals surface area (Å²) in [5.74, 6) is 0. The number of hydrogen-bond donors (Lipinski definition) is 1. The van der Waals surface area contributed by atoms with E-state index in [-0.39, 0.29) is 0 Å². The molecule has 2 fully saturated rings. The molecule has 100 valence electrons. The number of nitrogens with zero attached hydrogens (tertiary/aromatic N) is 2. The summed E-state index contributed by atoms with van der Waals surface area (Å²) in [5.41, 5.74) is 1.73. The van der Waals surface area contributed by atoms with Crippen LogP contribution in [0.25, 0.3) is 0 Å². The maximum Gasteiger partial charge on any atom is 0.0661 e. The van der Waals surface area contributed by atoms with Crippen molar-refractivity contribution < 1.29 is 4.74 Å². The molecule has 1 aromatic heterocycles. The van der Waals surface area contributed by atoms with Gasteiger partial charge < -0.3 is 10.1 Å². The van der Waals surface area contributed by atoms with Crippen LogP contribution in [0.15, 0.2) is 12.4 Å². The lowest BCUT2D eigenvalue weighted by Crippen LogP contribution is -2.66. The Labute approximate surface area is 109 Å². The normalized spacial score (nSPS) is 29.0. The van der Waals surface area contributed by atoms with Gasteiger partial charge in [-0.05, 0) is 26.2 Å². The first-order valence-corrected chi connectivity index (χ1v) is 7.07. The van der Waals surface area contributed by atoms with E-state index >= 15 is 0 Å². The van der Waals surface area contributed by atoms with Gasteiger partial charge in [0.15, 0.2) is 0 Å². The number of nitrogens with one attached hydrogen (secondary N) is 1. The molecule has 0 aromatic carbocycles. The van der Waals surface area contributed by atoms with Gasteiger partial charge in [0, 0.05) is 43.4 Å². The third-order valence-corrected chi connectivity index (χ3v) is 4.75. The van der Waals surface area contributed by atoms with E-state index in [2.05, 4.69) is 23.5 Å². The van der Waals surface area contributed by atoms with Gasteiger partial charge in [0.2, 0.25) is 0 Å². The van der Waals surface area contributed by atoms with Gasteiger partial charge in [-0.1, -0.05) is 6.42 Å². The first-order chi connectivity index (χ1) is 8.74. The highest BCUT2D eigenvalue weighted by molar-refractivity contribution is 5.13. The van der Waals surface area contributed by atoms with E-state index in [1.54, 1.807) is 0 Å². The number of aromatic nitrogens is 2. The van der Waals surface area contributed by atoms with E-state index in [0.717, 1.165) is 13.2 Å². The second kappa shape index (κ2) is 4.67. The molecule has 1 aromatic rings. The lowest BCUT2D eigenvalue weighted by Gasteiger charge is -2.61. The lowest BCUT2D eigenvalue weighted by molar-refractivity contribution is -0.173. The van der Waals surface area contributed by atoms with E-state index in [0.29, 0.717) is 17.6 Å². The van der Waals surface area contributed by atoms with Gasteiger partial charge in [-0.3, -0.25) is 4.68 Å². The maximum absolute atomic E-state index is 5.87. The van der Waals surface area contributed by atoms with Crippen molar-refractivity contribution in [2.75, 3.05) is 6.61 Å². The molecule has 0 radical (unpaired) electrons. The Bertz CT molecular complexity index is 411. The zero-order valence-corrected chi connectivity index (χ0v) is 11.4. The fourth-order valence-corrected chi connectivity index (χ4v) is 3.53. The van der Waals surface area contributed by atoms with Crippen LogP contribution in [0.1, 0.15) is 38.2 Å². The molecule has 0 bridgehead atoms. The average molecular weight is 249 g/mol. The smallest absolute Gasteiger partial charge is 0.0661 e. The summed E-state index contributed by atoms with van der Waals surface area (Å²) in [6.07, 6.45) is 9.74. The predicted molar refractivity (Wildman–Crippen MR) is 70.2 cm³/mol. The summed E-state index contributed by atoms with van der Waals surface area (Å²) in [5, 5.41) is 7.90. The van der Waals surface area contributed by atoms with Crippen molar-refractivity contribution in [3.63, 3.8) is 0 Å². The summed E-state index contributed by atoms with van der Waals surface area (Å²) in [7, 11) is 1.96. The van der Waals surface area contributed by atoms with Crippen LogP contribution in [0.5, 0.6) is 0 Å². The van der Waals surface area contributed by atoms with Gasteiger partial charge in [-0.15, -0.1) is 0 Å². The van der Waals surface area contributed by atoms with Crippen LogP contribution in [0.2, 0.25) is 0 Å². The van der Waals surface area contributed by atoms with E-state index in [1.807, 2.05) is 17.9 Å². The topological polar surface area (TPSA) is 39.1 Å². The molecule has 2 saturated carbocycles. The summed E-state index contributed by atoms with van der Waals surface area (Å²) in [6, 6.07) is 0.642. The standard InChI is InChI=1S/C14H23N3O/c1-3-18-13-7-12(14(13)5-4-6-14)15-8-11-9-16-17(2)10-11/h9-10,12-13,15H,3-8H2,1-2H3. The third kappa shape index (κ3) is 1.88. The second-order valence-electron chi connectivity index (χ2n) is 5.72. The number of aryl methyl sites for hydroxylation is 1. The molecule has 4 heteroatoms. The first-order valence-electron chi connectivity index (χ1n) is 7.07. The Morgan fingerprint density at radius 1 is 1.56 bits per heavy atom. The molecule has 2 atom stereocenters. The molecule has 2 aliphatic carbocycles. The molecular weight excluding hydrogens is 226 g/mol. The summed E-state index contributed by atoms with van der Waals surface area (Å²) in [4.78, 5) is 0. The summed E-state index contributed by atoms with van der Waals surface area (Å²) < 4.78 is 7.73. The average Bonchev–Trinajstić information content (AvgIpc) is 2.66. The van der Waals surface area contributed by atoms with Crippen molar-refractivity contribution in [3.05, 3.63) is 18.0 Å². The van der Waals surface area contributed by atoms with Gasteiger partial charge >= 0.3 is 0 Å². The molecule has 0 amide bonds. The number of rotatable bonds is 5. The molecule has 2 unspecified atom stereocenters. The van der Waals surface area contributed by atoms with Crippen LogP contribution < -0.4 is 5.32 Å². The minimum absolute atomic E-state index is 0.457. The van der Waals surface area contributed by atoms with Gasteiger partial charge in [0.1, 0.15) is 0 Å². The Balaban J connectivity index is 1.55. The molecule has 18 heavy (non-hydrogen) atoms. The van der Waals surface area contributed by atoms with Gasteiger partial charge in [0.05, 0.1) is 12.3 Å². The maximum atomic E-state index is 5.87. The van der Waals surface area contributed by atoms with Crippen LogP contribution in [0.3, 0.4) is 0 Å². The van der Waals surface area contributed by atoms with Crippen LogP contribution >= 0.6 is 0 Å². The van der Waals surface area contributed by atoms with E-state index < -0.39 is 0 Å². The van der Waals surface area contributed by atoms with Crippen LogP contribution in [0.4, 0.5) is 0 Å². The molecule has 1 N–H and O–H groups in total. The van der Waals surface area contributed by atoms with E-state index in [9.17, 15) is 0 Å². The van der Waals surface area contributed by atoms with Gasteiger partial charge in [0.25, 0.3) is 0 Å². The van der Waals surface area contributed by atoms with Crippen LogP contribution in [-0.2, 0) is 18.3 Å². The zero-order chi connectivity index (χ0) is 12.6. The van der Waals surface area contributed by atoms with Crippen molar-refractivity contribution >= 4 is 0 Å². The van der Waals surface area contributed by atoms with Gasteiger partial charge in [-0.25, -0.2) is 0 Å². The number of hydrogen-bond acceptors (Lipinski definition) is 3. The lowest BCUT2D eigenvalue weighted by atomic mass is 9.51. The Kier molecular flexibility index (Phi) is 3.16. The van der Waals surface area contributed by atoms with Crippen molar-refractivity contribution in [2.45, 2.75) is 51.3 Å². The molecule has 1 spiro atoms. The SMILES string of the molecule is CCOC1CC(NCc2cnn(C)c2)C12CCC2. The highest BCUT2D eigenvalue weighted by atomic mass is 16.5. The second-order valence-corrected chi connectivity index (χ2v) is 5.72. The van der Waals surface area contributed by atoms with Crippen LogP contribution in [0, 0.1) is 5.41 Å². The molecule has 2 aliphatic rings. The molecule has 0 saturated heterocycles. The molecular formula is C14H23N3O. The largest absolute Gasteiger partial charge is 0.378 e. The Morgan fingerprint density at radius 3 is 2.94 bits per heavy atom. The highest BCUT2D eigenvalue weighted by Crippen LogP contribution is 2.57. The van der Waals surface area contributed by atoms with E-state index in [1.165, 1.54) is 31.2 Å². The van der Waals surface area contributed by atoms with Crippen LogP contribution in [-0.4, -0.2) is 28.5 Å². The third-order valence-electron chi connectivity index (χ3n) is 4.75. The molecule has 3 rings (SSSR count). The minimum Gasteiger partial charge on any atom is -0.378 e. The van der Waals surface area contributed by atoms with Crippen molar-refractivity contribution in [3.8, 4) is 0 Å². The van der Waals surface area contributed by atoms with Gasteiger partial charge in [-0.2, -0.15) is 5.10 Å². The quantitative estimate of drug-likeness (QED) is 0.865. The fourth-order valence-electron chi connectivity index (χ4n) is 3.53. The predicted octanol–water partition coefficient (Wildman–Crippen LogP) is 1.86. The fraction of sp³-hybridized carbons (Fsp3) is 0.786. The summed E-state index contributed by atoms with van der Waals surface area (Å²) >= 11 is 0. The molecule has 1 heterocycles. The number of ether oxygens (including phenoxy) is 1. The highest BCUT2D eigenvalue weighted by Gasteiger charge is 2.58. The van der Waals surface area contributed by atoms with E-state index in [4.69, 9.17) is 4.74 Å². The molecule has 4 nitrogen and oxygen atoms in total. The monoisotopic (exact) mass is 249 g/mol. The molecule has 0 aliphatic heterocycles. The zero-order valence-electron chi connectivity index (χ0n) is 11.4. The Morgan fingerprint density at radius 2 is 2.39 bits per heavy atom. The Hall–Kier alpha value is -0.870. The summed E-state index contributed by atoms with van der Waals surface area (Å²) in [6.45, 7) is 3.88.